The Bertz CT molecular complexity index is 1210. The lowest BCUT2D eigenvalue weighted by Crippen LogP contribution is -2.21. The molecule has 0 fully saturated rings. The molecule has 1 aliphatic carbocycles. The number of benzene rings is 2. The maximum Gasteiger partial charge on any atom is 0.191 e. The van der Waals surface area contributed by atoms with Gasteiger partial charge in [0.1, 0.15) is 0 Å². The molecule has 6 heteroatoms. The third-order valence-electron chi connectivity index (χ3n) is 6.23. The van der Waals surface area contributed by atoms with E-state index in [-0.39, 0.29) is 0 Å². The Balaban J connectivity index is 1.31. The van der Waals surface area contributed by atoms with E-state index < -0.39 is 6.10 Å². The van der Waals surface area contributed by atoms with Gasteiger partial charge in [-0.15, -0.1) is 10.2 Å². The summed E-state index contributed by atoms with van der Waals surface area (Å²) < 4.78 is 4.36. The van der Waals surface area contributed by atoms with Crippen molar-refractivity contribution in [2.45, 2.75) is 50.4 Å². The molecule has 0 bridgehead atoms. The fourth-order valence-electron chi connectivity index (χ4n) is 4.62. The van der Waals surface area contributed by atoms with E-state index in [4.69, 9.17) is 0 Å². The van der Waals surface area contributed by atoms with Crippen molar-refractivity contribution in [3.63, 3.8) is 0 Å². The molecule has 0 saturated carbocycles. The molecular formula is C25H28N4OS. The first kappa shape index (κ1) is 20.3. The van der Waals surface area contributed by atoms with Gasteiger partial charge in [0.15, 0.2) is 11.0 Å². The first-order valence-electron chi connectivity index (χ1n) is 11.0. The molecule has 0 amide bonds. The normalized spacial score (nSPS) is 14.7. The second kappa shape index (κ2) is 8.52. The maximum absolute atomic E-state index is 10.9. The Morgan fingerprint density at radius 2 is 1.81 bits per heavy atom. The second-order valence-electron chi connectivity index (χ2n) is 8.46. The number of hydrogen-bond donors (Lipinski definition) is 1. The van der Waals surface area contributed by atoms with Gasteiger partial charge in [0.05, 0.1) is 6.10 Å². The summed E-state index contributed by atoms with van der Waals surface area (Å²) in [6.07, 6.45) is 4.29. The fraction of sp³-hybridized carbons (Fsp3) is 0.360. The highest BCUT2D eigenvalue weighted by Crippen LogP contribution is 2.32. The first-order valence-corrected chi connectivity index (χ1v) is 12.0. The predicted molar refractivity (Wildman–Crippen MR) is 126 cm³/mol. The lowest BCUT2D eigenvalue weighted by atomic mass is 9.95. The minimum atomic E-state index is -0.452. The molecule has 1 N–H and O–H groups in total. The number of fused-ring (bicyclic) bond motifs is 3. The number of rotatable bonds is 6. The quantitative estimate of drug-likeness (QED) is 0.446. The van der Waals surface area contributed by atoms with E-state index in [2.05, 4.69) is 70.2 Å². The van der Waals surface area contributed by atoms with Gasteiger partial charge in [-0.1, -0.05) is 59.8 Å². The van der Waals surface area contributed by atoms with Gasteiger partial charge in [0.25, 0.3) is 0 Å². The topological polar surface area (TPSA) is 55.9 Å². The van der Waals surface area contributed by atoms with Gasteiger partial charge in [0, 0.05) is 41.5 Å². The molecule has 31 heavy (non-hydrogen) atoms. The number of para-hydroxylation sites is 1. The lowest BCUT2D eigenvalue weighted by molar-refractivity contribution is 0.178. The van der Waals surface area contributed by atoms with Gasteiger partial charge in [-0.05, 0) is 44.2 Å². The van der Waals surface area contributed by atoms with Crippen molar-refractivity contribution in [2.75, 3.05) is 5.75 Å². The summed E-state index contributed by atoms with van der Waals surface area (Å²) in [5.74, 6) is 1.43. The largest absolute Gasteiger partial charge is 0.390 e. The zero-order valence-electron chi connectivity index (χ0n) is 18.1. The second-order valence-corrected chi connectivity index (χ2v) is 9.44. The number of aliphatic hydroxyl groups is 1. The Morgan fingerprint density at radius 1 is 1.03 bits per heavy atom. The molecule has 1 aliphatic rings. The van der Waals surface area contributed by atoms with Crippen LogP contribution in [-0.2, 0) is 26.4 Å². The van der Waals surface area contributed by atoms with Crippen molar-refractivity contribution < 1.29 is 5.11 Å². The van der Waals surface area contributed by atoms with Crippen LogP contribution in [0, 0.1) is 6.92 Å². The third kappa shape index (κ3) is 3.90. The van der Waals surface area contributed by atoms with E-state index in [9.17, 15) is 5.11 Å². The van der Waals surface area contributed by atoms with Crippen molar-refractivity contribution in [1.29, 1.82) is 0 Å². The van der Waals surface area contributed by atoms with Crippen LogP contribution in [0.25, 0.3) is 22.3 Å². The van der Waals surface area contributed by atoms with Crippen molar-refractivity contribution in [3.8, 4) is 11.4 Å². The monoisotopic (exact) mass is 432 g/mol. The van der Waals surface area contributed by atoms with Crippen LogP contribution in [0.4, 0.5) is 0 Å². The average Bonchev–Trinajstić information content (AvgIpc) is 3.31. The molecule has 2 aromatic heterocycles. The number of hydrogen-bond acceptors (Lipinski definition) is 4. The van der Waals surface area contributed by atoms with E-state index in [1.165, 1.54) is 40.6 Å². The minimum absolute atomic E-state index is 0.452. The Hall–Kier alpha value is -2.57. The van der Waals surface area contributed by atoms with Gasteiger partial charge < -0.3 is 14.2 Å². The van der Waals surface area contributed by atoms with Crippen LogP contribution in [0.1, 0.15) is 29.7 Å². The predicted octanol–water partition coefficient (Wildman–Crippen LogP) is 4.78. The standard InChI is InChI=1S/C25H28N4OS/c1-17-11-13-18(14-12-17)24-26-27-25(28(24)2)31-16-19(30)15-29-22-9-5-3-7-20(22)21-8-4-6-10-23(21)29/h3,5,7,9,11-14,19,30H,4,6,8,10,15-16H2,1-2H3/t19-/m1/s1. The van der Waals surface area contributed by atoms with Crippen molar-refractivity contribution in [3.05, 3.63) is 65.4 Å². The van der Waals surface area contributed by atoms with E-state index in [1.807, 2.05) is 11.6 Å². The van der Waals surface area contributed by atoms with Gasteiger partial charge in [-0.25, -0.2) is 0 Å². The molecular weight excluding hydrogens is 404 g/mol. The Morgan fingerprint density at radius 3 is 2.65 bits per heavy atom. The molecule has 5 nitrogen and oxygen atoms in total. The van der Waals surface area contributed by atoms with Crippen LogP contribution in [0.2, 0.25) is 0 Å². The Kier molecular flexibility index (Phi) is 5.59. The van der Waals surface area contributed by atoms with Crippen molar-refractivity contribution >= 4 is 22.7 Å². The molecule has 160 valence electrons. The highest BCUT2D eigenvalue weighted by molar-refractivity contribution is 7.99. The van der Waals surface area contributed by atoms with Crippen LogP contribution in [0.3, 0.4) is 0 Å². The molecule has 0 unspecified atom stereocenters. The van der Waals surface area contributed by atoms with Gasteiger partial charge >= 0.3 is 0 Å². The van der Waals surface area contributed by atoms with E-state index in [0.29, 0.717) is 12.3 Å². The molecule has 5 rings (SSSR count). The molecule has 2 aromatic carbocycles. The summed E-state index contributed by atoms with van der Waals surface area (Å²) >= 11 is 1.56. The third-order valence-corrected chi connectivity index (χ3v) is 7.39. The van der Waals surface area contributed by atoms with Crippen LogP contribution in [-0.4, -0.2) is 36.3 Å². The first-order chi connectivity index (χ1) is 15.1. The zero-order valence-corrected chi connectivity index (χ0v) is 18.9. The van der Waals surface area contributed by atoms with Crippen molar-refractivity contribution in [1.82, 2.24) is 19.3 Å². The number of aliphatic hydroxyl groups excluding tert-OH is 1. The summed E-state index contributed by atoms with van der Waals surface area (Å²) in [5.41, 5.74) is 6.43. The van der Waals surface area contributed by atoms with Gasteiger partial charge in [0.2, 0.25) is 0 Å². The van der Waals surface area contributed by atoms with Crippen LogP contribution in [0.5, 0.6) is 0 Å². The van der Waals surface area contributed by atoms with E-state index >= 15 is 0 Å². The SMILES string of the molecule is Cc1ccc(-c2nnc(SC[C@H](O)Cn3c4c(c5ccccc53)CCCC4)n2C)cc1. The van der Waals surface area contributed by atoms with E-state index in [0.717, 1.165) is 29.4 Å². The number of nitrogens with zero attached hydrogens (tertiary/aromatic N) is 4. The van der Waals surface area contributed by atoms with Crippen LogP contribution < -0.4 is 0 Å². The van der Waals surface area contributed by atoms with Crippen LogP contribution >= 0.6 is 11.8 Å². The minimum Gasteiger partial charge on any atom is -0.390 e. The summed E-state index contributed by atoms with van der Waals surface area (Å²) in [7, 11) is 1.99. The molecule has 0 spiro atoms. The number of aromatic nitrogens is 4. The van der Waals surface area contributed by atoms with Crippen LogP contribution in [0.15, 0.2) is 53.7 Å². The highest BCUT2D eigenvalue weighted by Gasteiger charge is 2.21. The summed E-state index contributed by atoms with van der Waals surface area (Å²) in [4.78, 5) is 0. The van der Waals surface area contributed by atoms with Gasteiger partial charge in [-0.2, -0.15) is 0 Å². The van der Waals surface area contributed by atoms with Crippen molar-refractivity contribution in [2.24, 2.45) is 7.05 Å². The summed E-state index contributed by atoms with van der Waals surface area (Å²) in [5, 5.41) is 21.8. The average molecular weight is 433 g/mol. The molecule has 4 aromatic rings. The molecule has 2 heterocycles. The highest BCUT2D eigenvalue weighted by atomic mass is 32.2. The number of thioether (sulfide) groups is 1. The molecule has 0 radical (unpaired) electrons. The fourth-order valence-corrected chi connectivity index (χ4v) is 5.45. The molecule has 0 aliphatic heterocycles. The molecule has 1 atom stereocenters. The summed E-state index contributed by atoms with van der Waals surface area (Å²) in [6.45, 7) is 2.69. The lowest BCUT2D eigenvalue weighted by Gasteiger charge is -2.18. The Labute approximate surface area is 187 Å². The smallest absolute Gasteiger partial charge is 0.191 e. The number of aryl methyl sites for hydroxylation is 2. The van der Waals surface area contributed by atoms with Gasteiger partial charge in [-0.3, -0.25) is 0 Å². The summed E-state index contributed by atoms with van der Waals surface area (Å²) in [6, 6.07) is 16.9. The zero-order chi connectivity index (χ0) is 21.4. The van der Waals surface area contributed by atoms with E-state index in [1.54, 1.807) is 11.8 Å². The molecule has 0 saturated heterocycles. The maximum atomic E-state index is 10.9.